The van der Waals surface area contributed by atoms with Crippen LogP contribution in [0.2, 0.25) is 5.02 Å². The SMILES string of the molecule is CC(NC(=O)c1ccc(Cl)cc1)C(=O)N(C)C1CC2CCC(C1)N2.Cl. The lowest BCUT2D eigenvalue weighted by Gasteiger charge is -2.36. The van der Waals surface area contributed by atoms with Crippen LogP contribution < -0.4 is 10.6 Å². The normalized spacial score (nSPS) is 25.6. The molecular formula is C18H25Cl2N3O2. The second-order valence-corrected chi connectivity index (χ2v) is 7.35. The molecule has 3 atom stereocenters. The van der Waals surface area contributed by atoms with Gasteiger partial charge in [0, 0.05) is 35.8 Å². The average molecular weight is 386 g/mol. The number of rotatable bonds is 4. The topological polar surface area (TPSA) is 61.4 Å². The molecule has 7 heteroatoms. The molecule has 0 radical (unpaired) electrons. The van der Waals surface area contributed by atoms with Gasteiger partial charge in [-0.3, -0.25) is 9.59 Å². The van der Waals surface area contributed by atoms with E-state index in [4.69, 9.17) is 11.6 Å². The van der Waals surface area contributed by atoms with Crippen molar-refractivity contribution in [2.45, 2.75) is 56.8 Å². The first-order valence-corrected chi connectivity index (χ1v) is 8.91. The monoisotopic (exact) mass is 385 g/mol. The Kier molecular flexibility index (Phi) is 6.72. The summed E-state index contributed by atoms with van der Waals surface area (Å²) in [4.78, 5) is 26.7. The summed E-state index contributed by atoms with van der Waals surface area (Å²) in [6.45, 7) is 1.74. The number of carbonyl (C=O) groups excluding carboxylic acids is 2. The number of nitrogens with zero attached hydrogens (tertiary/aromatic N) is 1. The summed E-state index contributed by atoms with van der Waals surface area (Å²) >= 11 is 5.83. The zero-order chi connectivity index (χ0) is 17.3. The fraction of sp³-hybridized carbons (Fsp3) is 0.556. The number of amides is 2. The summed E-state index contributed by atoms with van der Waals surface area (Å²) < 4.78 is 0. The number of hydrogen-bond acceptors (Lipinski definition) is 3. The lowest BCUT2D eigenvalue weighted by Crippen LogP contribution is -2.53. The fourth-order valence-electron chi connectivity index (χ4n) is 3.77. The molecule has 1 aromatic rings. The summed E-state index contributed by atoms with van der Waals surface area (Å²) in [5.74, 6) is -0.296. The van der Waals surface area contributed by atoms with Crippen molar-refractivity contribution in [2.24, 2.45) is 0 Å². The molecule has 2 N–H and O–H groups in total. The van der Waals surface area contributed by atoms with Crippen molar-refractivity contribution < 1.29 is 9.59 Å². The first kappa shape index (κ1) is 20.0. The predicted molar refractivity (Wildman–Crippen MR) is 101 cm³/mol. The summed E-state index contributed by atoms with van der Waals surface area (Å²) in [7, 11) is 1.85. The van der Waals surface area contributed by atoms with Crippen molar-refractivity contribution in [2.75, 3.05) is 7.05 Å². The van der Waals surface area contributed by atoms with Gasteiger partial charge in [0.05, 0.1) is 0 Å². The first-order valence-electron chi connectivity index (χ1n) is 8.53. The minimum Gasteiger partial charge on any atom is -0.341 e. The third-order valence-corrected chi connectivity index (χ3v) is 5.42. The van der Waals surface area contributed by atoms with E-state index in [1.165, 1.54) is 12.8 Å². The molecule has 2 fully saturated rings. The second-order valence-electron chi connectivity index (χ2n) is 6.91. The molecule has 1 aromatic carbocycles. The molecule has 0 saturated carbocycles. The summed E-state index contributed by atoms with van der Waals surface area (Å²) in [6, 6.07) is 7.41. The molecular weight excluding hydrogens is 361 g/mol. The average Bonchev–Trinajstić information content (AvgIpc) is 2.91. The second kappa shape index (κ2) is 8.39. The van der Waals surface area contributed by atoms with Crippen LogP contribution in [0, 0.1) is 0 Å². The molecule has 5 nitrogen and oxygen atoms in total. The molecule has 2 bridgehead atoms. The number of carbonyl (C=O) groups is 2. The Hall–Kier alpha value is -1.30. The Labute approximate surface area is 159 Å². The van der Waals surface area contributed by atoms with Crippen molar-refractivity contribution in [1.82, 2.24) is 15.5 Å². The molecule has 2 heterocycles. The molecule has 2 aliphatic rings. The molecule has 2 saturated heterocycles. The zero-order valence-electron chi connectivity index (χ0n) is 14.5. The lowest BCUT2D eigenvalue weighted by molar-refractivity contribution is -0.134. The van der Waals surface area contributed by atoms with Gasteiger partial charge in [0.15, 0.2) is 0 Å². The largest absolute Gasteiger partial charge is 0.341 e. The number of nitrogens with one attached hydrogen (secondary N) is 2. The highest BCUT2D eigenvalue weighted by Crippen LogP contribution is 2.29. The van der Waals surface area contributed by atoms with E-state index in [0.717, 1.165) is 12.8 Å². The number of halogens is 2. The molecule has 25 heavy (non-hydrogen) atoms. The van der Waals surface area contributed by atoms with Crippen LogP contribution in [0.25, 0.3) is 0 Å². The van der Waals surface area contributed by atoms with Gasteiger partial charge in [-0.1, -0.05) is 11.6 Å². The molecule has 138 valence electrons. The van der Waals surface area contributed by atoms with Crippen LogP contribution >= 0.6 is 24.0 Å². The van der Waals surface area contributed by atoms with E-state index in [1.54, 1.807) is 31.2 Å². The molecule has 0 spiro atoms. The molecule has 2 amide bonds. The van der Waals surface area contributed by atoms with Crippen molar-refractivity contribution in [3.63, 3.8) is 0 Å². The third kappa shape index (κ3) is 4.66. The first-order chi connectivity index (χ1) is 11.4. The Morgan fingerprint density at radius 2 is 1.76 bits per heavy atom. The Balaban J connectivity index is 0.00000225. The number of hydrogen-bond donors (Lipinski definition) is 2. The maximum atomic E-state index is 12.7. The highest BCUT2D eigenvalue weighted by atomic mass is 35.5. The highest BCUT2D eigenvalue weighted by Gasteiger charge is 2.37. The third-order valence-electron chi connectivity index (χ3n) is 5.17. The van der Waals surface area contributed by atoms with Gasteiger partial charge in [-0.2, -0.15) is 0 Å². The van der Waals surface area contributed by atoms with Gasteiger partial charge in [-0.05, 0) is 56.9 Å². The van der Waals surface area contributed by atoms with E-state index in [9.17, 15) is 9.59 Å². The van der Waals surface area contributed by atoms with Gasteiger partial charge in [0.2, 0.25) is 5.91 Å². The Morgan fingerprint density at radius 1 is 1.20 bits per heavy atom. The van der Waals surface area contributed by atoms with Crippen LogP contribution in [0.3, 0.4) is 0 Å². The van der Waals surface area contributed by atoms with E-state index in [2.05, 4.69) is 10.6 Å². The maximum absolute atomic E-state index is 12.7. The quantitative estimate of drug-likeness (QED) is 0.837. The Morgan fingerprint density at radius 3 is 2.32 bits per heavy atom. The van der Waals surface area contributed by atoms with Crippen LogP contribution in [0.1, 0.15) is 43.0 Å². The van der Waals surface area contributed by atoms with Crippen LogP contribution in [-0.2, 0) is 4.79 Å². The number of piperidine rings is 1. The van der Waals surface area contributed by atoms with E-state index in [0.29, 0.717) is 22.7 Å². The maximum Gasteiger partial charge on any atom is 0.251 e. The summed E-state index contributed by atoms with van der Waals surface area (Å²) in [5, 5.41) is 6.95. The van der Waals surface area contributed by atoms with Gasteiger partial charge < -0.3 is 15.5 Å². The van der Waals surface area contributed by atoms with E-state index in [-0.39, 0.29) is 30.3 Å². The standard InChI is InChI=1S/C18H24ClN3O2.ClH/c1-11(20-17(23)12-3-5-13(19)6-4-12)18(24)22(2)16-9-14-7-8-15(10-16)21-14;/h3-6,11,14-16,21H,7-10H2,1-2H3,(H,20,23);1H. The fourth-order valence-corrected chi connectivity index (χ4v) is 3.90. The van der Waals surface area contributed by atoms with Gasteiger partial charge in [0.1, 0.15) is 6.04 Å². The number of fused-ring (bicyclic) bond motifs is 2. The highest BCUT2D eigenvalue weighted by molar-refractivity contribution is 6.30. The van der Waals surface area contributed by atoms with Gasteiger partial charge >= 0.3 is 0 Å². The van der Waals surface area contributed by atoms with Crippen molar-refractivity contribution >= 4 is 35.8 Å². The molecule has 3 rings (SSSR count). The molecule has 0 aromatic heterocycles. The molecule has 2 aliphatic heterocycles. The zero-order valence-corrected chi connectivity index (χ0v) is 16.1. The Bertz CT molecular complexity index is 611. The van der Waals surface area contributed by atoms with Crippen LogP contribution in [0.4, 0.5) is 0 Å². The van der Waals surface area contributed by atoms with Crippen LogP contribution in [-0.4, -0.2) is 47.9 Å². The van der Waals surface area contributed by atoms with Gasteiger partial charge in [0.25, 0.3) is 5.91 Å². The van der Waals surface area contributed by atoms with Crippen molar-refractivity contribution in [3.8, 4) is 0 Å². The summed E-state index contributed by atoms with van der Waals surface area (Å²) in [5.41, 5.74) is 0.501. The minimum atomic E-state index is -0.550. The van der Waals surface area contributed by atoms with Gasteiger partial charge in [-0.25, -0.2) is 0 Å². The molecule has 3 unspecified atom stereocenters. The van der Waals surface area contributed by atoms with Crippen LogP contribution in [0.15, 0.2) is 24.3 Å². The number of benzene rings is 1. The summed E-state index contributed by atoms with van der Waals surface area (Å²) in [6.07, 6.45) is 4.39. The van der Waals surface area contributed by atoms with E-state index >= 15 is 0 Å². The molecule has 0 aliphatic carbocycles. The van der Waals surface area contributed by atoms with E-state index in [1.807, 2.05) is 11.9 Å². The van der Waals surface area contributed by atoms with Crippen molar-refractivity contribution in [3.05, 3.63) is 34.9 Å². The number of likely N-dealkylation sites (N-methyl/N-ethyl adjacent to an activating group) is 1. The van der Waals surface area contributed by atoms with E-state index < -0.39 is 6.04 Å². The predicted octanol–water partition coefficient (Wildman–Crippen LogP) is 2.62. The van der Waals surface area contributed by atoms with Gasteiger partial charge in [-0.15, -0.1) is 12.4 Å². The van der Waals surface area contributed by atoms with Crippen molar-refractivity contribution in [1.29, 1.82) is 0 Å². The smallest absolute Gasteiger partial charge is 0.251 e. The minimum absolute atomic E-state index is 0. The lowest BCUT2D eigenvalue weighted by atomic mass is 9.98. The van der Waals surface area contributed by atoms with Crippen LogP contribution in [0.5, 0.6) is 0 Å².